The van der Waals surface area contributed by atoms with E-state index in [2.05, 4.69) is 10.3 Å². The molecule has 2 heterocycles. The first kappa shape index (κ1) is 26.0. The zero-order chi connectivity index (χ0) is 26.6. The second-order valence-electron chi connectivity index (χ2n) is 9.00. The third-order valence-corrected chi connectivity index (χ3v) is 6.25. The standard InChI is InChI=1S/C27H29F3N6O/c1-18-7-8-19(12-25(18)36(32)17-24(31)20-6-5-9-33-16-20)26(37)34-22-13-21(27(28,29)30)14-23(15-22)35-10-3-2-4-11-35/h5-9,12-17H,2-4,10-11,31-32H2,1H3,(H,34,37)/b24-17-. The van der Waals surface area contributed by atoms with Crippen LogP contribution in [0.5, 0.6) is 0 Å². The summed E-state index contributed by atoms with van der Waals surface area (Å²) in [7, 11) is 0. The predicted octanol–water partition coefficient (Wildman–Crippen LogP) is 5.29. The average molecular weight is 511 g/mol. The van der Waals surface area contributed by atoms with E-state index in [0.717, 1.165) is 37.0 Å². The Balaban J connectivity index is 1.59. The maximum Gasteiger partial charge on any atom is 0.416 e. The predicted molar refractivity (Wildman–Crippen MR) is 140 cm³/mol. The van der Waals surface area contributed by atoms with E-state index in [-0.39, 0.29) is 11.3 Å². The molecule has 37 heavy (non-hydrogen) atoms. The van der Waals surface area contributed by atoms with Gasteiger partial charge in [0.15, 0.2) is 0 Å². The monoisotopic (exact) mass is 510 g/mol. The molecule has 0 saturated carbocycles. The molecule has 0 radical (unpaired) electrons. The number of carbonyl (C=O) groups is 1. The molecule has 0 bridgehead atoms. The molecule has 5 N–H and O–H groups in total. The molecule has 1 amide bonds. The minimum Gasteiger partial charge on any atom is -0.397 e. The molecular formula is C27H29F3N6O. The van der Waals surface area contributed by atoms with Crippen molar-refractivity contribution in [2.24, 2.45) is 11.6 Å². The molecule has 194 valence electrons. The molecule has 3 aromatic rings. The highest BCUT2D eigenvalue weighted by Gasteiger charge is 2.32. The Labute approximate surface area is 213 Å². The number of nitrogens with zero attached hydrogens (tertiary/aromatic N) is 3. The first-order valence-corrected chi connectivity index (χ1v) is 11.9. The van der Waals surface area contributed by atoms with Crippen molar-refractivity contribution in [1.29, 1.82) is 0 Å². The van der Waals surface area contributed by atoms with Crippen LogP contribution in [0.4, 0.5) is 30.2 Å². The van der Waals surface area contributed by atoms with Crippen LogP contribution in [0.15, 0.2) is 67.1 Å². The fourth-order valence-corrected chi connectivity index (χ4v) is 4.24. The quantitative estimate of drug-likeness (QED) is 0.308. The van der Waals surface area contributed by atoms with Crippen molar-refractivity contribution in [3.63, 3.8) is 0 Å². The topological polar surface area (TPSA) is 101 Å². The van der Waals surface area contributed by atoms with Gasteiger partial charge in [-0.2, -0.15) is 13.2 Å². The maximum atomic E-state index is 13.6. The van der Waals surface area contributed by atoms with Gasteiger partial charge in [0.25, 0.3) is 5.91 Å². The molecule has 2 aromatic carbocycles. The van der Waals surface area contributed by atoms with Crippen molar-refractivity contribution < 1.29 is 18.0 Å². The highest BCUT2D eigenvalue weighted by molar-refractivity contribution is 6.05. The van der Waals surface area contributed by atoms with Gasteiger partial charge in [-0.3, -0.25) is 14.8 Å². The maximum absolute atomic E-state index is 13.6. The molecule has 0 unspecified atom stereocenters. The van der Waals surface area contributed by atoms with Crippen molar-refractivity contribution >= 4 is 28.7 Å². The van der Waals surface area contributed by atoms with Gasteiger partial charge < -0.3 is 16.0 Å². The third kappa shape index (κ3) is 6.39. The zero-order valence-corrected chi connectivity index (χ0v) is 20.4. The largest absolute Gasteiger partial charge is 0.416 e. The van der Waals surface area contributed by atoms with Gasteiger partial charge in [-0.1, -0.05) is 6.07 Å². The van der Waals surface area contributed by atoms with Crippen LogP contribution in [0, 0.1) is 6.92 Å². The van der Waals surface area contributed by atoms with Gasteiger partial charge in [0.1, 0.15) is 0 Å². The van der Waals surface area contributed by atoms with Crippen LogP contribution in [0.3, 0.4) is 0 Å². The van der Waals surface area contributed by atoms with Crippen LogP contribution in [-0.2, 0) is 6.18 Å². The normalized spacial score (nSPS) is 14.4. The van der Waals surface area contributed by atoms with Crippen molar-refractivity contribution in [1.82, 2.24) is 4.98 Å². The number of anilines is 3. The number of benzene rings is 2. The van der Waals surface area contributed by atoms with E-state index in [1.165, 1.54) is 11.2 Å². The Morgan fingerprint density at radius 3 is 2.51 bits per heavy atom. The lowest BCUT2D eigenvalue weighted by molar-refractivity contribution is -0.137. The number of aryl methyl sites for hydroxylation is 1. The fourth-order valence-electron chi connectivity index (χ4n) is 4.24. The molecule has 0 atom stereocenters. The van der Waals surface area contributed by atoms with Crippen molar-refractivity contribution in [2.75, 3.05) is 28.3 Å². The lowest BCUT2D eigenvalue weighted by Gasteiger charge is -2.29. The number of rotatable bonds is 6. The van der Waals surface area contributed by atoms with E-state index in [4.69, 9.17) is 11.6 Å². The van der Waals surface area contributed by atoms with Crippen LogP contribution in [0.1, 0.15) is 46.3 Å². The summed E-state index contributed by atoms with van der Waals surface area (Å²) in [5.41, 5.74) is 8.43. The Morgan fingerprint density at radius 2 is 1.84 bits per heavy atom. The van der Waals surface area contributed by atoms with E-state index in [1.807, 2.05) is 11.8 Å². The summed E-state index contributed by atoms with van der Waals surface area (Å²) >= 11 is 0. The number of alkyl halides is 3. The molecule has 1 aliphatic heterocycles. The molecule has 10 heteroatoms. The zero-order valence-electron chi connectivity index (χ0n) is 20.4. The van der Waals surface area contributed by atoms with Crippen LogP contribution in [-0.4, -0.2) is 24.0 Å². The molecule has 0 spiro atoms. The number of hydrogen-bond acceptors (Lipinski definition) is 6. The van der Waals surface area contributed by atoms with Crippen LogP contribution >= 0.6 is 0 Å². The third-order valence-electron chi connectivity index (χ3n) is 6.25. The summed E-state index contributed by atoms with van der Waals surface area (Å²) in [6.45, 7) is 3.18. The summed E-state index contributed by atoms with van der Waals surface area (Å²) < 4.78 is 40.9. The van der Waals surface area contributed by atoms with Gasteiger partial charge >= 0.3 is 6.18 Å². The smallest absolute Gasteiger partial charge is 0.397 e. The molecule has 0 aliphatic carbocycles. The summed E-state index contributed by atoms with van der Waals surface area (Å²) in [6, 6.07) is 12.1. The molecule has 4 rings (SSSR count). The Hall–Kier alpha value is -4.05. The van der Waals surface area contributed by atoms with Gasteiger partial charge in [0, 0.05) is 54.2 Å². The van der Waals surface area contributed by atoms with Crippen LogP contribution in [0.25, 0.3) is 5.70 Å². The molecule has 1 aromatic heterocycles. The number of halogens is 3. The number of nitrogens with one attached hydrogen (secondary N) is 1. The van der Waals surface area contributed by atoms with E-state index < -0.39 is 17.6 Å². The van der Waals surface area contributed by atoms with Crippen LogP contribution < -0.4 is 26.8 Å². The van der Waals surface area contributed by atoms with E-state index >= 15 is 0 Å². The number of piperidine rings is 1. The lowest BCUT2D eigenvalue weighted by atomic mass is 10.1. The molecule has 1 fully saturated rings. The first-order valence-electron chi connectivity index (χ1n) is 11.9. The second kappa shape index (κ2) is 10.9. The van der Waals surface area contributed by atoms with E-state index in [0.29, 0.717) is 35.7 Å². The summed E-state index contributed by atoms with van der Waals surface area (Å²) in [4.78, 5) is 19.0. The fraction of sp³-hybridized carbons (Fsp3) is 0.259. The second-order valence-corrected chi connectivity index (χ2v) is 9.00. The molecular weight excluding hydrogens is 481 g/mol. The van der Waals surface area contributed by atoms with Gasteiger partial charge in [-0.25, -0.2) is 5.84 Å². The first-order chi connectivity index (χ1) is 17.6. The Morgan fingerprint density at radius 1 is 1.08 bits per heavy atom. The minimum absolute atomic E-state index is 0.0767. The summed E-state index contributed by atoms with van der Waals surface area (Å²) in [5.74, 6) is 5.67. The summed E-state index contributed by atoms with van der Waals surface area (Å²) in [5, 5.41) is 3.93. The van der Waals surface area contributed by atoms with Gasteiger partial charge in [-0.05, 0) is 74.2 Å². The van der Waals surface area contributed by atoms with E-state index in [1.54, 1.807) is 48.8 Å². The van der Waals surface area contributed by atoms with Crippen molar-refractivity contribution in [3.05, 3.63) is 89.4 Å². The number of amides is 1. The Bertz CT molecular complexity index is 1290. The molecule has 7 nitrogen and oxygen atoms in total. The highest BCUT2D eigenvalue weighted by Crippen LogP contribution is 2.35. The number of nitrogens with two attached hydrogens (primary N) is 2. The van der Waals surface area contributed by atoms with E-state index in [9.17, 15) is 18.0 Å². The minimum atomic E-state index is -4.54. The van der Waals surface area contributed by atoms with Gasteiger partial charge in [0.05, 0.1) is 16.9 Å². The Kier molecular flexibility index (Phi) is 7.68. The SMILES string of the molecule is Cc1ccc(C(=O)Nc2cc(N3CCCCC3)cc(C(F)(F)F)c2)cc1N(N)/C=C(\N)c1cccnc1. The van der Waals surface area contributed by atoms with Gasteiger partial charge in [0.2, 0.25) is 0 Å². The van der Waals surface area contributed by atoms with Crippen molar-refractivity contribution in [2.45, 2.75) is 32.4 Å². The lowest BCUT2D eigenvalue weighted by Crippen LogP contribution is -2.29. The number of carbonyl (C=O) groups excluding carboxylic acids is 1. The van der Waals surface area contributed by atoms with Crippen molar-refractivity contribution in [3.8, 4) is 0 Å². The van der Waals surface area contributed by atoms with Crippen LogP contribution in [0.2, 0.25) is 0 Å². The van der Waals surface area contributed by atoms with Gasteiger partial charge in [-0.15, -0.1) is 0 Å². The average Bonchev–Trinajstić information content (AvgIpc) is 2.89. The number of pyridine rings is 1. The number of hydrazine groups is 1. The highest BCUT2D eigenvalue weighted by atomic mass is 19.4. The summed E-state index contributed by atoms with van der Waals surface area (Å²) in [6.07, 6.45) is 3.09. The number of hydrogen-bond donors (Lipinski definition) is 3. The number of aromatic nitrogens is 1. The molecule has 1 saturated heterocycles. The molecule has 1 aliphatic rings.